The number of benzene rings is 1. The molecular weight excluding hydrogens is 514 g/mol. The summed E-state index contributed by atoms with van der Waals surface area (Å²) >= 11 is 11.9. The second kappa shape index (κ2) is 13.8. The van der Waals surface area contributed by atoms with E-state index in [4.69, 9.17) is 32.5 Å². The average molecular weight is 547 g/mol. The number of aromatic nitrogens is 1. The van der Waals surface area contributed by atoms with Crippen molar-refractivity contribution in [1.29, 1.82) is 0 Å². The van der Waals surface area contributed by atoms with Crippen LogP contribution in [0.3, 0.4) is 0 Å². The molecule has 2 rings (SSSR count). The Morgan fingerprint density at radius 2 is 1.77 bits per heavy atom. The Bertz CT molecular complexity index is 1010. The highest BCUT2D eigenvalue weighted by Gasteiger charge is 2.34. The van der Waals surface area contributed by atoms with E-state index < -0.39 is 25.6 Å². The maximum Gasteiger partial charge on any atom is 0.419 e. The van der Waals surface area contributed by atoms with Crippen LogP contribution in [0, 0.1) is 5.92 Å². The molecule has 0 aliphatic carbocycles. The number of methoxy groups -OCH3 is 1. The summed E-state index contributed by atoms with van der Waals surface area (Å²) in [5.41, 5.74) is 0.655. The Labute approximate surface area is 216 Å². The number of carbonyl (C=O) groups is 2. The molecule has 0 saturated heterocycles. The van der Waals surface area contributed by atoms with Gasteiger partial charge in [0.2, 0.25) is 0 Å². The molecule has 9 nitrogen and oxygen atoms in total. The van der Waals surface area contributed by atoms with Crippen LogP contribution in [0.1, 0.15) is 30.8 Å². The predicted molar refractivity (Wildman–Crippen MR) is 139 cm³/mol. The van der Waals surface area contributed by atoms with E-state index in [0.29, 0.717) is 17.9 Å². The van der Waals surface area contributed by atoms with Crippen LogP contribution in [0.2, 0.25) is 0 Å². The third-order valence-electron chi connectivity index (χ3n) is 5.04. The molecular formula is C23H33Cl2N4O5P. The van der Waals surface area contributed by atoms with Gasteiger partial charge < -0.3 is 19.1 Å². The SMILES string of the molecule is COC(=O)C(CC(C)C)NC(=O)c1cc(NP(=O)(Oc2ccccc2)N(CCCl)CCCl)cn1C. The van der Waals surface area contributed by atoms with Gasteiger partial charge in [-0.15, -0.1) is 23.2 Å². The van der Waals surface area contributed by atoms with Crippen LogP contribution in [0.4, 0.5) is 5.69 Å². The van der Waals surface area contributed by atoms with E-state index in [0.717, 1.165) is 0 Å². The van der Waals surface area contributed by atoms with Gasteiger partial charge in [0.15, 0.2) is 0 Å². The largest absolute Gasteiger partial charge is 0.467 e. The highest BCUT2D eigenvalue weighted by atomic mass is 35.5. The van der Waals surface area contributed by atoms with Crippen molar-refractivity contribution >= 4 is 48.4 Å². The first kappa shape index (κ1) is 29.0. The fourth-order valence-corrected chi connectivity index (χ4v) is 5.95. The number of amides is 1. The number of nitrogens with zero attached hydrogens (tertiary/aromatic N) is 2. The topological polar surface area (TPSA) is 102 Å². The molecule has 0 fully saturated rings. The number of esters is 1. The van der Waals surface area contributed by atoms with Crippen LogP contribution in [-0.4, -0.2) is 59.1 Å². The van der Waals surface area contributed by atoms with Crippen molar-refractivity contribution in [3.8, 4) is 5.75 Å². The van der Waals surface area contributed by atoms with Gasteiger partial charge in [0, 0.05) is 38.1 Å². The summed E-state index contributed by atoms with van der Waals surface area (Å²) < 4.78 is 27.9. The van der Waals surface area contributed by atoms with Crippen LogP contribution in [0.15, 0.2) is 42.6 Å². The molecule has 0 saturated carbocycles. The second-order valence-electron chi connectivity index (χ2n) is 8.27. The number of nitrogens with one attached hydrogen (secondary N) is 2. The number of aryl methyl sites for hydroxylation is 1. The Morgan fingerprint density at radius 1 is 1.14 bits per heavy atom. The third kappa shape index (κ3) is 8.46. The molecule has 194 valence electrons. The summed E-state index contributed by atoms with van der Waals surface area (Å²) in [5, 5.41) is 5.69. The maximum atomic E-state index is 14.1. The minimum Gasteiger partial charge on any atom is -0.467 e. The lowest BCUT2D eigenvalue weighted by atomic mass is 10.0. The predicted octanol–water partition coefficient (Wildman–Crippen LogP) is 4.72. The van der Waals surface area contributed by atoms with E-state index >= 15 is 0 Å². The zero-order valence-corrected chi connectivity index (χ0v) is 22.8. The minimum atomic E-state index is -3.71. The fraction of sp³-hybridized carbons (Fsp3) is 0.478. The molecule has 0 aliphatic rings. The summed E-state index contributed by atoms with van der Waals surface area (Å²) in [6, 6.07) is 9.51. The molecule has 2 N–H and O–H groups in total. The molecule has 0 radical (unpaired) electrons. The molecule has 0 bridgehead atoms. The number of ether oxygens (including phenoxy) is 1. The molecule has 2 unspecified atom stereocenters. The number of anilines is 1. The lowest BCUT2D eigenvalue weighted by Crippen LogP contribution is -2.42. The first-order valence-corrected chi connectivity index (χ1v) is 13.8. The van der Waals surface area contributed by atoms with E-state index in [1.165, 1.54) is 7.11 Å². The molecule has 1 heterocycles. The standard InChI is InChI=1S/C23H33Cl2N4O5P/c1-17(2)14-20(23(31)33-4)26-22(30)21-15-18(16-28(21)3)27-35(32,29(12-10-24)13-11-25)34-19-8-6-5-7-9-19/h5-9,15-17,20H,10-14H2,1-4H3,(H,26,30)(H,27,32). The molecule has 0 spiro atoms. The molecule has 0 aliphatic heterocycles. The molecule has 1 aromatic heterocycles. The molecule has 1 amide bonds. The van der Waals surface area contributed by atoms with Gasteiger partial charge in [0.05, 0.1) is 12.8 Å². The van der Waals surface area contributed by atoms with Crippen molar-refractivity contribution < 1.29 is 23.4 Å². The zero-order valence-electron chi connectivity index (χ0n) is 20.4. The first-order valence-electron chi connectivity index (χ1n) is 11.2. The van der Waals surface area contributed by atoms with E-state index in [9.17, 15) is 14.2 Å². The van der Waals surface area contributed by atoms with E-state index in [1.807, 2.05) is 19.9 Å². The van der Waals surface area contributed by atoms with Crippen LogP contribution in [0.25, 0.3) is 0 Å². The monoisotopic (exact) mass is 546 g/mol. The summed E-state index contributed by atoms with van der Waals surface area (Å²) in [6.45, 7) is 4.43. The number of alkyl halides is 2. The molecule has 1 aromatic carbocycles. The van der Waals surface area contributed by atoms with Gasteiger partial charge in [-0.25, -0.2) is 14.0 Å². The van der Waals surface area contributed by atoms with Crippen molar-refractivity contribution in [2.24, 2.45) is 13.0 Å². The van der Waals surface area contributed by atoms with Crippen molar-refractivity contribution in [1.82, 2.24) is 14.6 Å². The highest BCUT2D eigenvalue weighted by Crippen LogP contribution is 2.50. The first-order chi connectivity index (χ1) is 16.6. The summed E-state index contributed by atoms with van der Waals surface area (Å²) in [4.78, 5) is 25.1. The van der Waals surface area contributed by atoms with Gasteiger partial charge in [-0.05, 0) is 30.5 Å². The summed E-state index contributed by atoms with van der Waals surface area (Å²) in [5.74, 6) is 0.0239. The van der Waals surface area contributed by atoms with Crippen molar-refractivity contribution in [2.75, 3.05) is 37.0 Å². The van der Waals surface area contributed by atoms with Crippen LogP contribution in [0.5, 0.6) is 5.75 Å². The van der Waals surface area contributed by atoms with Gasteiger partial charge in [-0.1, -0.05) is 32.0 Å². The summed E-state index contributed by atoms with van der Waals surface area (Å²) in [6.07, 6.45) is 2.05. The third-order valence-corrected chi connectivity index (χ3v) is 7.52. The Kier molecular flexibility index (Phi) is 11.4. The normalized spacial score (nSPS) is 13.8. The van der Waals surface area contributed by atoms with Crippen molar-refractivity contribution in [2.45, 2.75) is 26.3 Å². The number of para-hydroxylation sites is 1. The van der Waals surface area contributed by atoms with Crippen LogP contribution >= 0.6 is 30.9 Å². The highest BCUT2D eigenvalue weighted by molar-refractivity contribution is 7.58. The Hall–Kier alpha value is -2.19. The smallest absolute Gasteiger partial charge is 0.419 e. The lowest BCUT2D eigenvalue weighted by Gasteiger charge is -2.30. The fourth-order valence-electron chi connectivity index (χ4n) is 3.42. The Morgan fingerprint density at radius 3 is 2.31 bits per heavy atom. The number of hydrogen-bond donors (Lipinski definition) is 2. The van der Waals surface area contributed by atoms with Crippen LogP contribution < -0.4 is 14.9 Å². The number of rotatable bonds is 14. The number of hydrogen-bond acceptors (Lipinski definition) is 5. The average Bonchev–Trinajstić information content (AvgIpc) is 3.17. The van der Waals surface area contributed by atoms with Gasteiger partial charge in [0.25, 0.3) is 5.91 Å². The zero-order chi connectivity index (χ0) is 26.0. The van der Waals surface area contributed by atoms with Crippen molar-refractivity contribution in [3.63, 3.8) is 0 Å². The summed E-state index contributed by atoms with van der Waals surface area (Å²) in [7, 11) is -0.758. The number of halogens is 2. The lowest BCUT2D eigenvalue weighted by molar-refractivity contribution is -0.143. The second-order valence-corrected chi connectivity index (χ2v) is 11.0. The molecule has 12 heteroatoms. The van der Waals surface area contributed by atoms with Gasteiger partial charge in [0.1, 0.15) is 17.5 Å². The van der Waals surface area contributed by atoms with Gasteiger partial charge >= 0.3 is 13.6 Å². The molecule has 35 heavy (non-hydrogen) atoms. The Balaban J connectivity index is 2.32. The van der Waals surface area contributed by atoms with E-state index in [2.05, 4.69) is 10.4 Å². The molecule has 2 atom stereocenters. The quantitative estimate of drug-likeness (QED) is 0.201. The maximum absolute atomic E-state index is 14.1. The van der Waals surface area contributed by atoms with Crippen LogP contribution in [-0.2, 0) is 21.1 Å². The van der Waals surface area contributed by atoms with Crippen molar-refractivity contribution in [3.05, 3.63) is 48.3 Å². The van der Waals surface area contributed by atoms with E-state index in [-0.39, 0.29) is 36.5 Å². The number of carbonyl (C=O) groups excluding carboxylic acids is 2. The molecule has 2 aromatic rings. The van der Waals surface area contributed by atoms with Gasteiger partial charge in [-0.2, -0.15) is 0 Å². The van der Waals surface area contributed by atoms with E-state index in [1.54, 1.807) is 52.8 Å². The minimum absolute atomic E-state index is 0.168. The van der Waals surface area contributed by atoms with Gasteiger partial charge in [-0.3, -0.25) is 9.88 Å².